The highest BCUT2D eigenvalue weighted by Gasteiger charge is 2.17. The molecular weight excluding hydrogens is 246 g/mol. The number of nitriles is 1. The van der Waals surface area contributed by atoms with E-state index < -0.39 is 5.91 Å². The predicted octanol–water partition coefficient (Wildman–Crippen LogP) is -0.157. The van der Waals surface area contributed by atoms with E-state index in [9.17, 15) is 4.79 Å². The highest BCUT2D eigenvalue weighted by atomic mass is 16.3. The Morgan fingerprint density at radius 2 is 1.95 bits per heavy atom. The number of nitrogens with one attached hydrogen (secondary N) is 1. The lowest BCUT2D eigenvalue weighted by Crippen LogP contribution is -2.37. The Kier molecular flexibility index (Phi) is 9.49. The third kappa shape index (κ3) is 7.44. The van der Waals surface area contributed by atoms with E-state index in [2.05, 4.69) is 19.2 Å². The molecule has 0 aromatic carbocycles. The molecule has 6 nitrogen and oxygen atoms in total. The molecule has 0 saturated carbocycles. The van der Waals surface area contributed by atoms with Gasteiger partial charge in [0.25, 0.3) is 5.91 Å². The SMILES string of the molecule is CC(C)CCN/C=C(/C#N)C(=O)N(CCO)CCO. The van der Waals surface area contributed by atoms with Gasteiger partial charge in [-0.1, -0.05) is 13.8 Å². The van der Waals surface area contributed by atoms with Crippen LogP contribution >= 0.6 is 0 Å². The average Bonchev–Trinajstić information content (AvgIpc) is 2.37. The second-order valence-electron chi connectivity index (χ2n) is 4.55. The van der Waals surface area contributed by atoms with Crippen molar-refractivity contribution < 1.29 is 15.0 Å². The average molecular weight is 269 g/mol. The minimum absolute atomic E-state index is 0.0225. The van der Waals surface area contributed by atoms with E-state index >= 15 is 0 Å². The second-order valence-corrected chi connectivity index (χ2v) is 4.55. The number of nitrogens with zero attached hydrogens (tertiary/aromatic N) is 2. The number of carbonyl (C=O) groups is 1. The van der Waals surface area contributed by atoms with Crippen LogP contribution in [0, 0.1) is 17.2 Å². The molecule has 6 heteroatoms. The van der Waals surface area contributed by atoms with E-state index in [-0.39, 0.29) is 31.9 Å². The fourth-order valence-corrected chi connectivity index (χ4v) is 1.41. The van der Waals surface area contributed by atoms with Crippen LogP contribution in [-0.4, -0.2) is 53.9 Å². The number of hydrogen-bond donors (Lipinski definition) is 3. The number of carbonyl (C=O) groups excluding carboxylic acids is 1. The molecule has 0 radical (unpaired) electrons. The zero-order valence-corrected chi connectivity index (χ0v) is 11.6. The molecule has 1 amide bonds. The van der Waals surface area contributed by atoms with E-state index in [1.165, 1.54) is 11.1 Å². The first-order valence-electron chi connectivity index (χ1n) is 6.41. The smallest absolute Gasteiger partial charge is 0.266 e. The van der Waals surface area contributed by atoms with Crippen molar-refractivity contribution in [1.82, 2.24) is 10.2 Å². The summed E-state index contributed by atoms with van der Waals surface area (Å²) < 4.78 is 0. The third-order valence-corrected chi connectivity index (χ3v) is 2.49. The van der Waals surface area contributed by atoms with Gasteiger partial charge in [0.05, 0.1) is 13.2 Å². The summed E-state index contributed by atoms with van der Waals surface area (Å²) in [4.78, 5) is 13.2. The lowest BCUT2D eigenvalue weighted by atomic mass is 10.1. The molecule has 0 rings (SSSR count). The molecule has 0 fully saturated rings. The van der Waals surface area contributed by atoms with Crippen LogP contribution in [0.1, 0.15) is 20.3 Å². The van der Waals surface area contributed by atoms with Crippen LogP contribution in [0.3, 0.4) is 0 Å². The van der Waals surface area contributed by atoms with E-state index in [1.54, 1.807) is 0 Å². The highest BCUT2D eigenvalue weighted by Crippen LogP contribution is 2.01. The topological polar surface area (TPSA) is 96.6 Å². The van der Waals surface area contributed by atoms with Gasteiger partial charge in [0.2, 0.25) is 0 Å². The lowest BCUT2D eigenvalue weighted by Gasteiger charge is -2.20. The van der Waals surface area contributed by atoms with Gasteiger partial charge < -0.3 is 20.4 Å². The fraction of sp³-hybridized carbons (Fsp3) is 0.692. The zero-order chi connectivity index (χ0) is 14.7. The van der Waals surface area contributed by atoms with Gasteiger partial charge in [-0.2, -0.15) is 5.26 Å². The van der Waals surface area contributed by atoms with Gasteiger partial charge >= 0.3 is 0 Å². The Morgan fingerprint density at radius 1 is 1.37 bits per heavy atom. The summed E-state index contributed by atoms with van der Waals surface area (Å²) in [5, 5.41) is 29.6. The van der Waals surface area contributed by atoms with Gasteiger partial charge in [-0.3, -0.25) is 4.79 Å². The van der Waals surface area contributed by atoms with Gasteiger partial charge in [-0.05, 0) is 12.3 Å². The van der Waals surface area contributed by atoms with Crippen molar-refractivity contribution in [2.45, 2.75) is 20.3 Å². The van der Waals surface area contributed by atoms with Crippen molar-refractivity contribution in [1.29, 1.82) is 5.26 Å². The van der Waals surface area contributed by atoms with E-state index in [0.29, 0.717) is 12.5 Å². The summed E-state index contributed by atoms with van der Waals surface area (Å²) in [6.45, 7) is 4.67. The van der Waals surface area contributed by atoms with Crippen molar-refractivity contribution in [2.24, 2.45) is 5.92 Å². The molecule has 0 aliphatic rings. The largest absolute Gasteiger partial charge is 0.395 e. The van der Waals surface area contributed by atoms with Gasteiger partial charge in [0.15, 0.2) is 0 Å². The van der Waals surface area contributed by atoms with Gasteiger partial charge in [-0.25, -0.2) is 0 Å². The first kappa shape index (κ1) is 17.4. The van der Waals surface area contributed by atoms with Crippen LogP contribution in [0.15, 0.2) is 11.8 Å². The molecule has 3 N–H and O–H groups in total. The molecule has 0 unspecified atom stereocenters. The van der Waals surface area contributed by atoms with Crippen molar-refractivity contribution in [2.75, 3.05) is 32.8 Å². The zero-order valence-electron chi connectivity index (χ0n) is 11.6. The Labute approximate surface area is 114 Å². The quantitative estimate of drug-likeness (QED) is 0.307. The summed E-state index contributed by atoms with van der Waals surface area (Å²) in [6.07, 6.45) is 2.34. The molecule has 0 atom stereocenters. The molecular formula is C13H23N3O3. The summed E-state index contributed by atoms with van der Waals surface area (Å²) in [6, 6.07) is 1.83. The third-order valence-electron chi connectivity index (χ3n) is 2.49. The molecule has 0 spiro atoms. The van der Waals surface area contributed by atoms with Gasteiger partial charge in [0.1, 0.15) is 11.6 Å². The Morgan fingerprint density at radius 3 is 2.37 bits per heavy atom. The Balaban J connectivity index is 4.51. The van der Waals surface area contributed by atoms with Crippen LogP contribution in [-0.2, 0) is 4.79 Å². The van der Waals surface area contributed by atoms with Crippen molar-refractivity contribution >= 4 is 5.91 Å². The summed E-state index contributed by atoms with van der Waals surface area (Å²) in [7, 11) is 0. The normalized spacial score (nSPS) is 11.3. The monoisotopic (exact) mass is 269 g/mol. The lowest BCUT2D eigenvalue weighted by molar-refractivity contribution is -0.127. The standard InChI is InChI=1S/C13H23N3O3/c1-11(2)3-4-15-10-12(9-14)13(19)16(5-7-17)6-8-18/h10-11,15,17-18H,3-8H2,1-2H3/b12-10-. The van der Waals surface area contributed by atoms with Crippen molar-refractivity contribution in [3.05, 3.63) is 11.8 Å². The highest BCUT2D eigenvalue weighted by molar-refractivity contribution is 5.97. The fourth-order valence-electron chi connectivity index (χ4n) is 1.41. The van der Waals surface area contributed by atoms with Crippen LogP contribution in [0.25, 0.3) is 0 Å². The van der Waals surface area contributed by atoms with Crippen LogP contribution in [0.5, 0.6) is 0 Å². The molecule has 19 heavy (non-hydrogen) atoms. The summed E-state index contributed by atoms with van der Waals surface area (Å²) in [5.74, 6) is 0.0602. The molecule has 0 aromatic rings. The number of rotatable bonds is 9. The van der Waals surface area contributed by atoms with Gasteiger partial charge in [0, 0.05) is 25.8 Å². The van der Waals surface area contributed by atoms with Crippen LogP contribution in [0.4, 0.5) is 0 Å². The molecule has 0 saturated heterocycles. The number of amides is 1. The van der Waals surface area contributed by atoms with E-state index in [1.807, 2.05) is 6.07 Å². The minimum Gasteiger partial charge on any atom is -0.395 e. The van der Waals surface area contributed by atoms with Crippen molar-refractivity contribution in [3.8, 4) is 6.07 Å². The molecule has 0 heterocycles. The molecule has 108 valence electrons. The first-order valence-corrected chi connectivity index (χ1v) is 6.41. The second kappa shape index (κ2) is 10.4. The first-order chi connectivity index (χ1) is 9.06. The summed E-state index contributed by atoms with van der Waals surface area (Å²) in [5.41, 5.74) is -0.0225. The molecule has 0 aromatic heterocycles. The maximum absolute atomic E-state index is 12.0. The number of aliphatic hydroxyl groups excluding tert-OH is 2. The van der Waals surface area contributed by atoms with Crippen LogP contribution < -0.4 is 5.32 Å². The van der Waals surface area contributed by atoms with Crippen molar-refractivity contribution in [3.63, 3.8) is 0 Å². The van der Waals surface area contributed by atoms with E-state index in [0.717, 1.165) is 6.42 Å². The Bertz CT molecular complexity index is 329. The number of aliphatic hydroxyl groups is 2. The predicted molar refractivity (Wildman–Crippen MR) is 71.9 cm³/mol. The van der Waals surface area contributed by atoms with E-state index in [4.69, 9.17) is 15.5 Å². The minimum atomic E-state index is -0.484. The van der Waals surface area contributed by atoms with Gasteiger partial charge in [-0.15, -0.1) is 0 Å². The maximum atomic E-state index is 12.0. The maximum Gasteiger partial charge on any atom is 0.266 e. The molecule has 0 bridgehead atoms. The Hall–Kier alpha value is -1.58. The number of hydrogen-bond acceptors (Lipinski definition) is 5. The summed E-state index contributed by atoms with van der Waals surface area (Å²) >= 11 is 0. The molecule has 0 aliphatic heterocycles. The van der Waals surface area contributed by atoms with Crippen LogP contribution in [0.2, 0.25) is 0 Å². The molecule has 0 aliphatic carbocycles.